The van der Waals surface area contributed by atoms with E-state index in [0.29, 0.717) is 12.5 Å². The molecule has 172 valence electrons. The normalized spacial score (nSPS) is 15.5. The largest absolute Gasteiger partial charge is 0.444 e. The van der Waals surface area contributed by atoms with Gasteiger partial charge in [0.1, 0.15) is 5.60 Å². The lowest BCUT2D eigenvalue weighted by Gasteiger charge is -2.36. The van der Waals surface area contributed by atoms with Crippen LogP contribution in [0.2, 0.25) is 0 Å². The topological polar surface area (TPSA) is 70.1 Å². The Bertz CT molecular complexity index is 681. The number of ether oxygens (including phenoxy) is 1. The van der Waals surface area contributed by atoms with Gasteiger partial charge in [-0.3, -0.25) is 4.99 Å². The number of amides is 1. The SMILES string of the molecule is CCN(CC1CCN(C(=NC)NCCc2csc(C)n2)CC1)C(=O)OC(C)(C)C.I. The minimum atomic E-state index is -0.455. The van der Waals surface area contributed by atoms with Crippen LogP contribution in [0.15, 0.2) is 10.4 Å². The molecule has 0 aromatic carbocycles. The van der Waals surface area contributed by atoms with Gasteiger partial charge < -0.3 is 19.9 Å². The van der Waals surface area contributed by atoms with Crippen molar-refractivity contribution >= 4 is 47.4 Å². The van der Waals surface area contributed by atoms with Gasteiger partial charge in [0.2, 0.25) is 0 Å². The molecule has 1 saturated heterocycles. The summed E-state index contributed by atoms with van der Waals surface area (Å²) in [5, 5.41) is 6.69. The third kappa shape index (κ3) is 8.95. The average molecular weight is 552 g/mol. The van der Waals surface area contributed by atoms with Gasteiger partial charge in [0.15, 0.2) is 5.96 Å². The van der Waals surface area contributed by atoms with Crippen molar-refractivity contribution in [3.63, 3.8) is 0 Å². The Morgan fingerprint density at radius 2 is 2.07 bits per heavy atom. The molecule has 0 spiro atoms. The predicted molar refractivity (Wildman–Crippen MR) is 135 cm³/mol. The monoisotopic (exact) mass is 551 g/mol. The number of thiazole rings is 1. The van der Waals surface area contributed by atoms with Gasteiger partial charge in [-0.05, 0) is 53.4 Å². The van der Waals surface area contributed by atoms with Gasteiger partial charge in [0.05, 0.1) is 10.7 Å². The first-order valence-corrected chi connectivity index (χ1v) is 11.4. The summed E-state index contributed by atoms with van der Waals surface area (Å²) in [4.78, 5) is 25.5. The Kier molecular flexibility index (Phi) is 11.4. The molecule has 30 heavy (non-hydrogen) atoms. The highest BCUT2D eigenvalue weighted by atomic mass is 127. The van der Waals surface area contributed by atoms with Crippen LogP contribution in [0.3, 0.4) is 0 Å². The summed E-state index contributed by atoms with van der Waals surface area (Å²) in [6.07, 6.45) is 2.79. The number of hydrogen-bond donors (Lipinski definition) is 1. The fourth-order valence-corrected chi connectivity index (χ4v) is 4.10. The molecule has 1 amide bonds. The summed E-state index contributed by atoms with van der Waals surface area (Å²) >= 11 is 1.69. The Balaban J connectivity index is 0.00000450. The predicted octanol–water partition coefficient (Wildman–Crippen LogP) is 4.16. The third-order valence-corrected chi connectivity index (χ3v) is 5.79. The van der Waals surface area contributed by atoms with Crippen molar-refractivity contribution in [3.8, 4) is 0 Å². The molecular weight excluding hydrogens is 513 g/mol. The third-order valence-electron chi connectivity index (χ3n) is 4.97. The molecule has 1 aliphatic rings. The number of rotatable bonds is 6. The van der Waals surface area contributed by atoms with E-state index in [2.05, 4.69) is 25.6 Å². The van der Waals surface area contributed by atoms with Gasteiger partial charge >= 0.3 is 6.09 Å². The highest BCUT2D eigenvalue weighted by Gasteiger charge is 2.27. The highest BCUT2D eigenvalue weighted by Crippen LogP contribution is 2.20. The maximum Gasteiger partial charge on any atom is 0.410 e. The van der Waals surface area contributed by atoms with Crippen molar-refractivity contribution in [3.05, 3.63) is 16.1 Å². The van der Waals surface area contributed by atoms with Crippen molar-refractivity contribution in [2.45, 2.75) is 59.5 Å². The van der Waals surface area contributed by atoms with Gasteiger partial charge in [-0.1, -0.05) is 0 Å². The number of aliphatic imine (C=N–C) groups is 1. The van der Waals surface area contributed by atoms with Crippen LogP contribution in [-0.4, -0.2) is 72.2 Å². The molecule has 0 saturated carbocycles. The Labute approximate surface area is 202 Å². The van der Waals surface area contributed by atoms with Crippen LogP contribution in [0.5, 0.6) is 0 Å². The van der Waals surface area contributed by atoms with E-state index in [0.717, 1.165) is 62.1 Å². The van der Waals surface area contributed by atoms with Crippen molar-refractivity contribution < 1.29 is 9.53 Å². The Hall–Kier alpha value is -1.10. The van der Waals surface area contributed by atoms with Crippen molar-refractivity contribution in [2.75, 3.05) is 39.8 Å². The molecular formula is C21H38IN5O2S. The zero-order valence-corrected chi connectivity index (χ0v) is 22.4. The lowest BCUT2D eigenvalue weighted by Crippen LogP contribution is -2.48. The van der Waals surface area contributed by atoms with Crippen LogP contribution in [0, 0.1) is 12.8 Å². The van der Waals surface area contributed by atoms with Crippen LogP contribution >= 0.6 is 35.3 Å². The maximum atomic E-state index is 12.4. The minimum absolute atomic E-state index is 0. The molecule has 1 aliphatic heterocycles. The van der Waals surface area contributed by atoms with E-state index in [1.54, 1.807) is 11.3 Å². The van der Waals surface area contributed by atoms with Crippen LogP contribution in [-0.2, 0) is 11.2 Å². The summed E-state index contributed by atoms with van der Waals surface area (Å²) in [7, 11) is 1.84. The fraction of sp³-hybridized carbons (Fsp3) is 0.762. The number of nitrogens with zero attached hydrogens (tertiary/aromatic N) is 4. The zero-order chi connectivity index (χ0) is 21.4. The van der Waals surface area contributed by atoms with E-state index in [-0.39, 0.29) is 30.1 Å². The van der Waals surface area contributed by atoms with Crippen molar-refractivity contribution in [1.29, 1.82) is 0 Å². The molecule has 9 heteroatoms. The van der Waals surface area contributed by atoms with Crippen LogP contribution in [0.25, 0.3) is 0 Å². The van der Waals surface area contributed by atoms with E-state index in [9.17, 15) is 4.79 Å². The Morgan fingerprint density at radius 1 is 1.40 bits per heavy atom. The molecule has 0 unspecified atom stereocenters. The molecule has 1 aromatic rings. The van der Waals surface area contributed by atoms with Gasteiger partial charge in [-0.25, -0.2) is 9.78 Å². The fourth-order valence-electron chi connectivity index (χ4n) is 3.46. The van der Waals surface area contributed by atoms with Gasteiger partial charge in [-0.15, -0.1) is 35.3 Å². The lowest BCUT2D eigenvalue weighted by atomic mass is 9.96. The van der Waals surface area contributed by atoms with E-state index < -0.39 is 5.60 Å². The van der Waals surface area contributed by atoms with E-state index in [1.807, 2.05) is 46.6 Å². The maximum absolute atomic E-state index is 12.4. The van der Waals surface area contributed by atoms with E-state index >= 15 is 0 Å². The number of nitrogens with one attached hydrogen (secondary N) is 1. The first-order chi connectivity index (χ1) is 13.7. The molecule has 0 radical (unpaired) electrons. The van der Waals surface area contributed by atoms with E-state index in [4.69, 9.17) is 4.74 Å². The molecule has 2 heterocycles. The zero-order valence-electron chi connectivity index (χ0n) is 19.2. The number of aryl methyl sites for hydroxylation is 1. The molecule has 1 fully saturated rings. The average Bonchev–Trinajstić information content (AvgIpc) is 3.07. The number of carbonyl (C=O) groups excluding carboxylic acids is 1. The standard InChI is InChI=1S/C21H37N5O2S.HI/c1-7-25(20(27)28-21(3,4)5)14-17-9-12-26(13-10-17)19(22-6)23-11-8-18-15-29-16(2)24-18;/h15,17H,7-14H2,1-6H3,(H,22,23);1H. The molecule has 7 nitrogen and oxygen atoms in total. The number of carbonyl (C=O) groups is 1. The van der Waals surface area contributed by atoms with Crippen LogP contribution < -0.4 is 5.32 Å². The second-order valence-electron chi connectivity index (χ2n) is 8.53. The number of guanidine groups is 1. The number of likely N-dealkylation sites (tertiary alicyclic amines) is 1. The highest BCUT2D eigenvalue weighted by molar-refractivity contribution is 14.0. The van der Waals surface area contributed by atoms with Gasteiger partial charge in [0.25, 0.3) is 0 Å². The van der Waals surface area contributed by atoms with Gasteiger partial charge in [-0.2, -0.15) is 0 Å². The minimum Gasteiger partial charge on any atom is -0.444 e. The van der Waals surface area contributed by atoms with Crippen LogP contribution in [0.4, 0.5) is 4.79 Å². The molecule has 0 atom stereocenters. The summed E-state index contributed by atoms with van der Waals surface area (Å²) in [6.45, 7) is 13.9. The summed E-state index contributed by atoms with van der Waals surface area (Å²) in [5.41, 5.74) is 0.680. The molecule has 0 bridgehead atoms. The number of aromatic nitrogens is 1. The quantitative estimate of drug-likeness (QED) is 0.327. The molecule has 1 N–H and O–H groups in total. The molecule has 2 rings (SSSR count). The second-order valence-corrected chi connectivity index (χ2v) is 9.59. The summed E-state index contributed by atoms with van der Waals surface area (Å²) in [5.74, 6) is 1.45. The first-order valence-electron chi connectivity index (χ1n) is 10.6. The second kappa shape index (κ2) is 12.7. The number of piperidine rings is 1. The molecule has 0 aliphatic carbocycles. The number of halogens is 1. The summed E-state index contributed by atoms with van der Waals surface area (Å²) < 4.78 is 5.53. The Morgan fingerprint density at radius 3 is 2.57 bits per heavy atom. The molecule has 1 aromatic heterocycles. The van der Waals surface area contributed by atoms with E-state index in [1.165, 1.54) is 0 Å². The summed E-state index contributed by atoms with van der Waals surface area (Å²) in [6, 6.07) is 0. The smallest absolute Gasteiger partial charge is 0.410 e. The first kappa shape index (κ1) is 26.9. The van der Waals surface area contributed by atoms with Crippen molar-refractivity contribution in [1.82, 2.24) is 20.1 Å². The van der Waals surface area contributed by atoms with Crippen LogP contribution in [0.1, 0.15) is 51.2 Å². The number of hydrogen-bond acceptors (Lipinski definition) is 5. The van der Waals surface area contributed by atoms with Crippen molar-refractivity contribution in [2.24, 2.45) is 10.9 Å². The van der Waals surface area contributed by atoms with Gasteiger partial charge in [0, 0.05) is 51.6 Å². The lowest BCUT2D eigenvalue weighted by molar-refractivity contribution is 0.0214.